The number of hydrogen-bond acceptors (Lipinski definition) is 17. The third kappa shape index (κ3) is 7.64. The first-order valence-electron chi connectivity index (χ1n) is 16.4. The van der Waals surface area contributed by atoms with E-state index in [0.717, 1.165) is 10.9 Å². The number of aromatic amines is 1. The zero-order valence-corrected chi connectivity index (χ0v) is 29.7. The zero-order chi connectivity index (χ0) is 37.5. The van der Waals surface area contributed by atoms with Crippen molar-refractivity contribution in [3.05, 3.63) is 29.3 Å². The molecule has 21 nitrogen and oxygen atoms in total. The van der Waals surface area contributed by atoms with Crippen LogP contribution in [0.4, 0.5) is 16.2 Å². The molecule has 4 aromatic heterocycles. The molecule has 0 aromatic carbocycles. The number of alkyl halides is 1. The summed E-state index contributed by atoms with van der Waals surface area (Å²) in [4.78, 5) is 61.6. The number of phosphoric acid groups is 1. The van der Waals surface area contributed by atoms with Gasteiger partial charge in [-0.3, -0.25) is 28.3 Å². The van der Waals surface area contributed by atoms with Crippen molar-refractivity contribution in [2.24, 2.45) is 5.92 Å². The summed E-state index contributed by atoms with van der Waals surface area (Å²) >= 11 is 0. The molecule has 284 valence electrons. The summed E-state index contributed by atoms with van der Waals surface area (Å²) in [6.07, 6.45) is -6.21. The standard InChI is InChI=1S/C29H41FN11O10P/c1-12(2)47-8-16-14(21(46-5)28(49-16)40-10-36-19-23(31)34-9-35-24(19)40)6-17(42)33-7-15-22(51-52(44,45)50-13(3)4)18(30)27(48-15)41-11-37-20-25(41)38-29(32)39-26(20)43/h9-16,18,21-22,27-28H,6-8H2,1-5H3,(H,33,42)(H,44,45)(H2,31,34,35)(H3,32,38,39,43)/p-1/t14-,15-,16-,18-,21-,22-,27-,28-/m1/s1. The van der Waals surface area contributed by atoms with Crippen molar-refractivity contribution in [3.8, 4) is 0 Å². The maximum atomic E-state index is 16.2. The van der Waals surface area contributed by atoms with Crippen LogP contribution in [-0.4, -0.2) is 108 Å². The van der Waals surface area contributed by atoms with Gasteiger partial charge in [0.05, 0.1) is 37.6 Å². The van der Waals surface area contributed by atoms with Crippen molar-refractivity contribution in [3.63, 3.8) is 0 Å². The predicted octanol–water partition coefficient (Wildman–Crippen LogP) is 0.0979. The van der Waals surface area contributed by atoms with Crippen molar-refractivity contribution in [2.75, 3.05) is 31.7 Å². The lowest BCUT2D eigenvalue weighted by Crippen LogP contribution is -2.42. The van der Waals surface area contributed by atoms with Crippen LogP contribution in [0.3, 0.4) is 0 Å². The number of nitrogens with one attached hydrogen (secondary N) is 2. The molecule has 4 aromatic rings. The third-order valence-electron chi connectivity index (χ3n) is 8.53. The van der Waals surface area contributed by atoms with Crippen molar-refractivity contribution >= 4 is 47.8 Å². The first-order valence-corrected chi connectivity index (χ1v) is 17.8. The van der Waals surface area contributed by atoms with Gasteiger partial charge in [-0.25, -0.2) is 24.3 Å². The van der Waals surface area contributed by atoms with Gasteiger partial charge in [-0.15, -0.1) is 0 Å². The van der Waals surface area contributed by atoms with E-state index in [9.17, 15) is 19.0 Å². The highest BCUT2D eigenvalue weighted by Crippen LogP contribution is 2.47. The van der Waals surface area contributed by atoms with E-state index in [-0.39, 0.29) is 42.1 Å². The lowest BCUT2D eigenvalue weighted by atomic mass is 9.93. The molecule has 0 saturated carbocycles. The minimum atomic E-state index is -5.07. The number of nitrogens with two attached hydrogens (primary N) is 2. The van der Waals surface area contributed by atoms with Gasteiger partial charge in [0.15, 0.2) is 41.3 Å². The van der Waals surface area contributed by atoms with Crippen LogP contribution in [0.5, 0.6) is 0 Å². The predicted molar refractivity (Wildman–Crippen MR) is 177 cm³/mol. The first kappa shape index (κ1) is 37.6. The fourth-order valence-electron chi connectivity index (χ4n) is 6.32. The second-order valence-corrected chi connectivity index (χ2v) is 14.2. The number of aromatic nitrogens is 8. The summed E-state index contributed by atoms with van der Waals surface area (Å²) in [5.41, 5.74) is 11.5. The van der Waals surface area contributed by atoms with Gasteiger partial charge in [-0.05, 0) is 27.7 Å². The van der Waals surface area contributed by atoms with Gasteiger partial charge in [0.2, 0.25) is 11.9 Å². The van der Waals surface area contributed by atoms with E-state index in [1.807, 2.05) is 13.8 Å². The Kier molecular flexibility index (Phi) is 10.9. The van der Waals surface area contributed by atoms with Crippen LogP contribution >= 0.6 is 7.82 Å². The Morgan fingerprint density at radius 1 is 1.04 bits per heavy atom. The number of carbonyl (C=O) groups is 1. The molecule has 52 heavy (non-hydrogen) atoms. The summed E-state index contributed by atoms with van der Waals surface area (Å²) in [5, 5.41) is 2.70. The molecule has 1 amide bonds. The normalized spacial score (nSPS) is 27.6. The monoisotopic (exact) mass is 752 g/mol. The van der Waals surface area contributed by atoms with Crippen molar-refractivity contribution in [2.45, 2.75) is 89.4 Å². The SMILES string of the molecule is CO[C@@H]1[C@H](CC(=O)NC[C@H]2O[C@@H](n3cnc4c(=O)[nH]c(N)nc43)[C@H](F)[C@@H]2OP(=O)([O-])OC(C)C)[C@@H](COC(C)C)O[C@H]1n1cnc2c(N)ncnc21. The van der Waals surface area contributed by atoms with Crippen LogP contribution in [0.15, 0.2) is 23.8 Å². The number of H-pyrrole nitrogens is 1. The van der Waals surface area contributed by atoms with Crippen molar-refractivity contribution in [1.82, 2.24) is 44.4 Å². The molecule has 6 N–H and O–H groups in total. The molecule has 2 aliphatic heterocycles. The van der Waals surface area contributed by atoms with E-state index in [0.29, 0.717) is 11.2 Å². The maximum Gasteiger partial charge on any atom is 0.280 e. The number of fused-ring (bicyclic) bond motifs is 2. The summed E-state index contributed by atoms with van der Waals surface area (Å²) in [6.45, 7) is 6.37. The van der Waals surface area contributed by atoms with Gasteiger partial charge in [-0.1, -0.05) is 0 Å². The van der Waals surface area contributed by atoms with E-state index in [4.69, 9.17) is 39.5 Å². The van der Waals surface area contributed by atoms with E-state index >= 15 is 4.39 Å². The van der Waals surface area contributed by atoms with Gasteiger partial charge in [-0.2, -0.15) is 4.98 Å². The smallest absolute Gasteiger partial charge is 0.280 e. The maximum absolute atomic E-state index is 16.2. The number of phosphoric ester groups is 1. The van der Waals surface area contributed by atoms with E-state index in [1.54, 1.807) is 4.57 Å². The second kappa shape index (κ2) is 15.1. The highest BCUT2D eigenvalue weighted by Gasteiger charge is 2.50. The molecular weight excluding hydrogens is 712 g/mol. The fraction of sp³-hybridized carbons (Fsp3) is 0.621. The van der Waals surface area contributed by atoms with Crippen LogP contribution in [0.1, 0.15) is 46.6 Å². The van der Waals surface area contributed by atoms with Crippen LogP contribution in [-0.2, 0) is 37.4 Å². The van der Waals surface area contributed by atoms with Crippen LogP contribution < -0.4 is 27.2 Å². The Morgan fingerprint density at radius 3 is 2.42 bits per heavy atom. The Labute approximate surface area is 295 Å². The number of carbonyl (C=O) groups excluding carboxylic acids is 1. The van der Waals surface area contributed by atoms with Gasteiger partial charge >= 0.3 is 0 Å². The summed E-state index contributed by atoms with van der Waals surface area (Å²) in [7, 11) is -3.59. The number of ether oxygens (including phenoxy) is 4. The minimum Gasteiger partial charge on any atom is -0.756 e. The van der Waals surface area contributed by atoms with Crippen LogP contribution in [0, 0.1) is 5.92 Å². The highest BCUT2D eigenvalue weighted by atomic mass is 31.2. The molecule has 2 saturated heterocycles. The molecule has 2 aliphatic rings. The molecule has 6 heterocycles. The second-order valence-electron chi connectivity index (χ2n) is 12.9. The number of rotatable bonds is 14. The average molecular weight is 753 g/mol. The van der Waals surface area contributed by atoms with E-state index < -0.39 is 80.9 Å². The highest BCUT2D eigenvalue weighted by molar-refractivity contribution is 7.45. The molecule has 6 rings (SSSR count). The number of amides is 1. The Morgan fingerprint density at radius 2 is 1.73 bits per heavy atom. The molecule has 2 fully saturated rings. The van der Waals surface area contributed by atoms with Gasteiger partial charge in [0.1, 0.15) is 30.2 Å². The van der Waals surface area contributed by atoms with Crippen molar-refractivity contribution < 1.29 is 46.6 Å². The number of halogens is 1. The Bertz CT molecular complexity index is 2010. The molecule has 0 bridgehead atoms. The number of nitrogen functional groups attached to an aromatic ring is 2. The Hall–Kier alpha value is -4.15. The number of imidazole rings is 2. The Balaban J connectivity index is 1.22. The zero-order valence-electron chi connectivity index (χ0n) is 28.8. The molecule has 0 radical (unpaired) electrons. The van der Waals surface area contributed by atoms with Gasteiger partial charge < -0.3 is 49.7 Å². The summed E-state index contributed by atoms with van der Waals surface area (Å²) < 4.78 is 65.8. The van der Waals surface area contributed by atoms with Crippen LogP contribution in [0.2, 0.25) is 0 Å². The summed E-state index contributed by atoms with van der Waals surface area (Å²) in [5.74, 6) is -1.18. The molecule has 0 spiro atoms. The topological polar surface area (TPSA) is 284 Å². The lowest BCUT2D eigenvalue weighted by Gasteiger charge is -2.30. The minimum absolute atomic E-state index is 0.114. The summed E-state index contributed by atoms with van der Waals surface area (Å²) in [6, 6.07) is 0. The average Bonchev–Trinajstić information content (AvgIpc) is 3.83. The largest absolute Gasteiger partial charge is 0.756 e. The molecule has 1 unspecified atom stereocenters. The van der Waals surface area contributed by atoms with Gasteiger partial charge in [0, 0.05) is 26.0 Å². The van der Waals surface area contributed by atoms with Crippen molar-refractivity contribution in [1.29, 1.82) is 0 Å². The number of anilines is 2. The number of hydrogen-bond donors (Lipinski definition) is 4. The van der Waals surface area contributed by atoms with Gasteiger partial charge in [0.25, 0.3) is 13.4 Å². The molecule has 0 aliphatic carbocycles. The first-order chi connectivity index (χ1) is 24.7. The fourth-order valence-corrected chi connectivity index (χ4v) is 7.44. The number of methoxy groups -OCH3 is 1. The number of nitrogens with zero attached hydrogens (tertiary/aromatic N) is 7. The van der Waals surface area contributed by atoms with E-state index in [2.05, 4.69) is 35.2 Å². The van der Waals surface area contributed by atoms with Crippen LogP contribution in [0.25, 0.3) is 22.3 Å². The molecule has 23 heteroatoms. The lowest BCUT2D eigenvalue weighted by molar-refractivity contribution is -0.235. The molecular formula is C29H40FN11O10P-. The molecule has 9 atom stereocenters. The quantitative estimate of drug-likeness (QED) is 0.124. The van der Waals surface area contributed by atoms with E-state index in [1.165, 1.54) is 33.6 Å². The third-order valence-corrected chi connectivity index (χ3v) is 9.71.